The molecule has 2 amide bonds. The second-order valence-corrected chi connectivity index (χ2v) is 8.25. The number of hydrogen-bond acceptors (Lipinski definition) is 4. The van der Waals surface area contributed by atoms with Gasteiger partial charge in [-0.3, -0.25) is 9.59 Å². The number of ketones is 1. The van der Waals surface area contributed by atoms with E-state index in [4.69, 9.17) is 16.3 Å². The fraction of sp³-hybridized carbons (Fsp3) is 0.318. The largest absolute Gasteiger partial charge is 0.444 e. The van der Waals surface area contributed by atoms with Gasteiger partial charge in [0.1, 0.15) is 5.60 Å². The van der Waals surface area contributed by atoms with Gasteiger partial charge in [-0.1, -0.05) is 29.8 Å². The van der Waals surface area contributed by atoms with Crippen molar-refractivity contribution in [2.24, 2.45) is 0 Å². The van der Waals surface area contributed by atoms with Crippen LogP contribution in [0.5, 0.6) is 0 Å². The lowest BCUT2D eigenvalue weighted by Gasteiger charge is -2.21. The molecule has 0 saturated carbocycles. The summed E-state index contributed by atoms with van der Waals surface area (Å²) >= 11 is 6.15. The van der Waals surface area contributed by atoms with E-state index >= 15 is 0 Å². The summed E-state index contributed by atoms with van der Waals surface area (Å²) in [7, 11) is 0. The van der Waals surface area contributed by atoms with Gasteiger partial charge in [0.15, 0.2) is 17.4 Å². The molecule has 1 atom stereocenters. The topological polar surface area (TPSA) is 84.5 Å². The first kappa shape index (κ1) is 24.3. The molecule has 0 unspecified atom stereocenters. The fourth-order valence-corrected chi connectivity index (χ4v) is 2.94. The summed E-state index contributed by atoms with van der Waals surface area (Å²) in [5.74, 6) is -3.53. The molecule has 0 aliphatic carbocycles. The highest BCUT2D eigenvalue weighted by molar-refractivity contribution is 6.34. The Labute approximate surface area is 183 Å². The molecular weight excluding hydrogens is 430 g/mol. The highest BCUT2D eigenvalue weighted by Crippen LogP contribution is 2.24. The summed E-state index contributed by atoms with van der Waals surface area (Å²) in [5, 5.41) is 4.74. The molecule has 0 saturated heterocycles. The van der Waals surface area contributed by atoms with Crippen molar-refractivity contribution >= 4 is 35.1 Å². The number of carbonyl (C=O) groups is 3. The maximum Gasteiger partial charge on any atom is 0.408 e. The van der Waals surface area contributed by atoms with E-state index in [1.807, 2.05) is 0 Å². The van der Waals surface area contributed by atoms with Crippen LogP contribution in [0.2, 0.25) is 5.02 Å². The molecule has 0 bridgehead atoms. The van der Waals surface area contributed by atoms with Crippen LogP contribution in [0, 0.1) is 11.6 Å². The number of carbonyl (C=O) groups excluding carboxylic acids is 3. The molecule has 0 fully saturated rings. The molecule has 166 valence electrons. The van der Waals surface area contributed by atoms with Gasteiger partial charge in [0.2, 0.25) is 0 Å². The molecule has 2 aromatic rings. The summed E-state index contributed by atoms with van der Waals surface area (Å²) in [6.45, 7) is 6.56. The molecule has 0 radical (unpaired) electrons. The van der Waals surface area contributed by atoms with Crippen molar-refractivity contribution in [2.45, 2.75) is 45.8 Å². The predicted octanol–water partition coefficient (Wildman–Crippen LogP) is 4.90. The van der Waals surface area contributed by atoms with E-state index in [1.54, 1.807) is 26.8 Å². The molecule has 0 aliphatic heterocycles. The summed E-state index contributed by atoms with van der Waals surface area (Å²) < 4.78 is 32.4. The van der Waals surface area contributed by atoms with E-state index in [0.717, 1.165) is 6.07 Å². The molecule has 2 rings (SSSR count). The van der Waals surface area contributed by atoms with Crippen LogP contribution in [0.3, 0.4) is 0 Å². The Morgan fingerprint density at radius 3 is 2.39 bits per heavy atom. The maximum absolute atomic E-state index is 13.9. The Balaban J connectivity index is 2.18. The number of Topliss-reactive ketones (excluding diaryl/α,β-unsaturated/α-hetero) is 1. The molecule has 31 heavy (non-hydrogen) atoms. The zero-order chi connectivity index (χ0) is 23.3. The monoisotopic (exact) mass is 452 g/mol. The van der Waals surface area contributed by atoms with Crippen molar-refractivity contribution in [1.82, 2.24) is 5.32 Å². The normalized spacial score (nSPS) is 12.1. The van der Waals surface area contributed by atoms with E-state index in [2.05, 4.69) is 10.6 Å². The molecule has 0 aromatic heterocycles. The van der Waals surface area contributed by atoms with Crippen LogP contribution < -0.4 is 10.6 Å². The van der Waals surface area contributed by atoms with Gasteiger partial charge >= 0.3 is 6.09 Å². The minimum Gasteiger partial charge on any atom is -0.444 e. The number of rotatable bonds is 6. The van der Waals surface area contributed by atoms with Gasteiger partial charge in [-0.2, -0.15) is 0 Å². The summed E-state index contributed by atoms with van der Waals surface area (Å²) in [5.41, 5.74) is -0.866. The van der Waals surface area contributed by atoms with Gasteiger partial charge in [0.25, 0.3) is 5.91 Å². The van der Waals surface area contributed by atoms with Crippen molar-refractivity contribution in [1.29, 1.82) is 0 Å². The fourth-order valence-electron chi connectivity index (χ4n) is 2.66. The van der Waals surface area contributed by atoms with Crippen LogP contribution in [-0.4, -0.2) is 29.4 Å². The van der Waals surface area contributed by atoms with Gasteiger partial charge < -0.3 is 15.4 Å². The lowest BCUT2D eigenvalue weighted by molar-refractivity contribution is -0.120. The third-order valence-electron chi connectivity index (χ3n) is 4.11. The Hall–Kier alpha value is -3.00. The van der Waals surface area contributed by atoms with E-state index in [9.17, 15) is 23.2 Å². The third kappa shape index (κ3) is 6.75. The smallest absolute Gasteiger partial charge is 0.408 e. The quantitative estimate of drug-likeness (QED) is 0.653. The minimum atomic E-state index is -1.21. The predicted molar refractivity (Wildman–Crippen MR) is 113 cm³/mol. The molecule has 2 N–H and O–H groups in total. The first-order valence-electron chi connectivity index (χ1n) is 9.44. The standard InChI is InChI=1S/C22H23ClF2N2O4/c1-12(26-21(30)31-22(2,3)4)17(28)11-13-7-5-8-14(23)18(13)20(29)27-16-10-6-9-15(24)19(16)25/h5-10,12H,11H2,1-4H3,(H,26,30)(H,27,29)/t12-/m0/s1. The second kappa shape index (κ2) is 9.87. The van der Waals surface area contributed by atoms with E-state index in [0.29, 0.717) is 0 Å². The summed E-state index contributed by atoms with van der Waals surface area (Å²) in [6.07, 6.45) is -0.981. The first-order chi connectivity index (χ1) is 14.4. The van der Waals surface area contributed by atoms with Crippen molar-refractivity contribution in [3.05, 3.63) is 64.2 Å². The second-order valence-electron chi connectivity index (χ2n) is 7.84. The Kier molecular flexibility index (Phi) is 7.73. The van der Waals surface area contributed by atoms with Crippen LogP contribution in [0.4, 0.5) is 19.3 Å². The Bertz CT molecular complexity index is 1010. The van der Waals surface area contributed by atoms with E-state index in [1.165, 1.54) is 31.2 Å². The minimum absolute atomic E-state index is 0.0346. The van der Waals surface area contributed by atoms with Crippen LogP contribution >= 0.6 is 11.6 Å². The van der Waals surface area contributed by atoms with Crippen LogP contribution in [0.15, 0.2) is 36.4 Å². The van der Waals surface area contributed by atoms with E-state index in [-0.39, 0.29) is 28.3 Å². The third-order valence-corrected chi connectivity index (χ3v) is 4.42. The van der Waals surface area contributed by atoms with Crippen molar-refractivity contribution in [2.75, 3.05) is 5.32 Å². The van der Waals surface area contributed by atoms with Crippen LogP contribution in [-0.2, 0) is 16.0 Å². The molecule has 2 aromatic carbocycles. The lowest BCUT2D eigenvalue weighted by Crippen LogP contribution is -2.42. The van der Waals surface area contributed by atoms with Gasteiger partial charge in [-0.15, -0.1) is 0 Å². The number of ether oxygens (including phenoxy) is 1. The lowest BCUT2D eigenvalue weighted by atomic mass is 9.99. The highest BCUT2D eigenvalue weighted by atomic mass is 35.5. The molecule has 0 heterocycles. The van der Waals surface area contributed by atoms with Crippen molar-refractivity contribution in [3.8, 4) is 0 Å². The molecule has 6 nitrogen and oxygen atoms in total. The number of benzene rings is 2. The van der Waals surface area contributed by atoms with Gasteiger partial charge in [0.05, 0.1) is 22.3 Å². The number of alkyl carbamates (subject to hydrolysis) is 1. The summed E-state index contributed by atoms with van der Waals surface area (Å²) in [4.78, 5) is 37.2. The van der Waals surface area contributed by atoms with Gasteiger partial charge in [-0.25, -0.2) is 13.6 Å². The molecule has 0 aliphatic rings. The number of halogens is 3. The Morgan fingerprint density at radius 1 is 1.10 bits per heavy atom. The molecular formula is C22H23ClF2N2O4. The van der Waals surface area contributed by atoms with Crippen LogP contribution in [0.25, 0.3) is 0 Å². The number of nitrogens with one attached hydrogen (secondary N) is 2. The first-order valence-corrected chi connectivity index (χ1v) is 9.82. The maximum atomic E-state index is 13.9. The zero-order valence-electron chi connectivity index (χ0n) is 17.5. The zero-order valence-corrected chi connectivity index (χ0v) is 18.3. The SMILES string of the molecule is C[C@H](NC(=O)OC(C)(C)C)C(=O)Cc1cccc(Cl)c1C(=O)Nc1cccc(F)c1F. The van der Waals surface area contributed by atoms with Crippen LogP contribution in [0.1, 0.15) is 43.6 Å². The highest BCUT2D eigenvalue weighted by Gasteiger charge is 2.24. The molecule has 9 heteroatoms. The number of anilines is 1. The van der Waals surface area contributed by atoms with Crippen molar-refractivity contribution < 1.29 is 27.9 Å². The van der Waals surface area contributed by atoms with Gasteiger partial charge in [-0.05, 0) is 51.5 Å². The van der Waals surface area contributed by atoms with E-state index < -0.39 is 41.1 Å². The number of hydrogen-bond donors (Lipinski definition) is 2. The number of amides is 2. The van der Waals surface area contributed by atoms with Crippen molar-refractivity contribution in [3.63, 3.8) is 0 Å². The Morgan fingerprint density at radius 2 is 1.74 bits per heavy atom. The average Bonchev–Trinajstić information content (AvgIpc) is 2.63. The summed E-state index contributed by atoms with van der Waals surface area (Å²) in [6, 6.07) is 6.97. The molecule has 0 spiro atoms. The van der Waals surface area contributed by atoms with Gasteiger partial charge in [0, 0.05) is 6.42 Å². The average molecular weight is 453 g/mol.